The summed E-state index contributed by atoms with van der Waals surface area (Å²) in [5, 5.41) is 0. The van der Waals surface area contributed by atoms with Gasteiger partial charge in [-0.05, 0) is 24.7 Å². The van der Waals surface area contributed by atoms with Crippen LogP contribution in [0.2, 0.25) is 0 Å². The quantitative estimate of drug-likeness (QED) is 0.621. The number of alkyl halides is 1. The fraction of sp³-hybridized carbons (Fsp3) is 1.00. The summed E-state index contributed by atoms with van der Waals surface area (Å²) in [5.74, 6) is 0.535. The summed E-state index contributed by atoms with van der Waals surface area (Å²) >= 11 is 0. The molecule has 14 heavy (non-hydrogen) atoms. The molecule has 5 atom stereocenters. The third kappa shape index (κ3) is 0.724. The fourth-order valence-corrected chi connectivity index (χ4v) is 5.54. The van der Waals surface area contributed by atoms with Crippen LogP contribution >= 0.6 is 0 Å². The van der Waals surface area contributed by atoms with Gasteiger partial charge in [-0.1, -0.05) is 6.92 Å². The van der Waals surface area contributed by atoms with E-state index in [0.717, 1.165) is 6.42 Å². The zero-order valence-electron chi connectivity index (χ0n) is 7.94. The van der Waals surface area contributed by atoms with Crippen molar-refractivity contribution in [2.24, 2.45) is 17.8 Å². The van der Waals surface area contributed by atoms with Crippen molar-refractivity contribution in [3.05, 3.63) is 0 Å². The first-order chi connectivity index (χ1) is 6.52. The maximum Gasteiger partial charge on any atom is 0.276 e. The molecule has 3 aliphatic rings. The summed E-state index contributed by atoms with van der Waals surface area (Å²) < 4.78 is 40.3. The largest absolute Gasteiger partial charge is 0.276 e. The Balaban J connectivity index is 2.16. The van der Waals surface area contributed by atoms with E-state index in [1.807, 2.05) is 6.92 Å². The minimum Gasteiger partial charge on any atom is -0.266 e. The molecule has 2 aliphatic carbocycles. The highest BCUT2D eigenvalue weighted by molar-refractivity contribution is 7.88. The van der Waals surface area contributed by atoms with Crippen molar-refractivity contribution >= 4 is 10.1 Å². The molecule has 80 valence electrons. The van der Waals surface area contributed by atoms with Crippen LogP contribution in [0.3, 0.4) is 0 Å². The summed E-state index contributed by atoms with van der Waals surface area (Å²) in [6.45, 7) is 1.23. The van der Waals surface area contributed by atoms with Gasteiger partial charge in [-0.15, -0.1) is 0 Å². The fourth-order valence-electron chi connectivity index (χ4n) is 3.59. The molecule has 3 rings (SSSR count). The van der Waals surface area contributed by atoms with Crippen molar-refractivity contribution in [2.45, 2.75) is 30.6 Å². The number of rotatable bonds is 1. The minimum absolute atomic E-state index is 0.0856. The predicted octanol–water partition coefficient (Wildman–Crippen LogP) is 1.10. The molecule has 0 radical (unpaired) electrons. The Bertz CT molecular complexity index is 380. The maximum absolute atomic E-state index is 13.0. The topological polar surface area (TPSA) is 43.4 Å². The minimum atomic E-state index is -3.65. The van der Waals surface area contributed by atoms with Crippen molar-refractivity contribution in [1.82, 2.24) is 0 Å². The smallest absolute Gasteiger partial charge is 0.266 e. The summed E-state index contributed by atoms with van der Waals surface area (Å²) in [4.78, 5) is 0. The Kier molecular flexibility index (Phi) is 1.51. The van der Waals surface area contributed by atoms with Crippen molar-refractivity contribution in [3.63, 3.8) is 0 Å². The Morgan fingerprint density at radius 2 is 2.29 bits per heavy atom. The zero-order chi connectivity index (χ0) is 10.1. The Morgan fingerprint density at radius 1 is 1.57 bits per heavy atom. The normalized spacial score (nSPS) is 58.1. The van der Waals surface area contributed by atoms with Crippen molar-refractivity contribution in [3.8, 4) is 0 Å². The van der Waals surface area contributed by atoms with Crippen molar-refractivity contribution in [1.29, 1.82) is 0 Å². The highest BCUT2D eigenvalue weighted by Crippen LogP contribution is 2.63. The first-order valence-corrected chi connectivity index (χ1v) is 6.41. The molecule has 5 heteroatoms. The van der Waals surface area contributed by atoms with Crippen LogP contribution in [0.25, 0.3) is 0 Å². The van der Waals surface area contributed by atoms with Crippen LogP contribution in [0, 0.1) is 17.8 Å². The van der Waals surface area contributed by atoms with Crippen LogP contribution < -0.4 is 0 Å². The summed E-state index contributed by atoms with van der Waals surface area (Å²) in [7, 11) is -3.65. The SMILES string of the molecule is CC1C2CC3C1OS(=O)(=O)C3(CF)C2. The van der Waals surface area contributed by atoms with E-state index in [2.05, 4.69) is 0 Å². The molecule has 1 aliphatic heterocycles. The monoisotopic (exact) mass is 220 g/mol. The molecule has 2 saturated carbocycles. The van der Waals surface area contributed by atoms with E-state index in [-0.39, 0.29) is 17.9 Å². The summed E-state index contributed by atoms with van der Waals surface area (Å²) in [5.41, 5.74) is 0. The van der Waals surface area contributed by atoms with Crippen molar-refractivity contribution < 1.29 is 17.0 Å². The number of hydrogen-bond acceptors (Lipinski definition) is 3. The molecule has 3 nitrogen and oxygen atoms in total. The van der Waals surface area contributed by atoms with E-state index in [0.29, 0.717) is 12.3 Å². The van der Waals surface area contributed by atoms with Gasteiger partial charge in [0, 0.05) is 5.92 Å². The Morgan fingerprint density at radius 3 is 2.86 bits per heavy atom. The third-order valence-corrected chi connectivity index (χ3v) is 6.51. The molecule has 0 amide bonds. The standard InChI is InChI=1S/C9H13FO3S/c1-5-6-2-7-8(5)13-14(11,12)9(7,3-6)4-10/h5-8H,2-4H2,1H3. The second-order valence-corrected chi connectivity index (χ2v) is 6.79. The van der Waals surface area contributed by atoms with E-state index in [1.165, 1.54) is 0 Å². The molecule has 5 unspecified atom stereocenters. The second-order valence-electron chi connectivity index (χ2n) is 4.88. The number of fused-ring (bicyclic) bond motifs is 1. The van der Waals surface area contributed by atoms with Crippen LogP contribution in [-0.4, -0.2) is 25.9 Å². The molecule has 0 spiro atoms. The van der Waals surface area contributed by atoms with Gasteiger partial charge in [0.05, 0.1) is 6.10 Å². The van der Waals surface area contributed by atoms with E-state index in [4.69, 9.17) is 4.18 Å². The van der Waals surface area contributed by atoms with Gasteiger partial charge in [0.25, 0.3) is 10.1 Å². The molecule has 1 heterocycles. The van der Waals surface area contributed by atoms with E-state index in [9.17, 15) is 12.8 Å². The first-order valence-electron chi connectivity index (χ1n) is 5.00. The second kappa shape index (κ2) is 2.32. The van der Waals surface area contributed by atoms with Gasteiger partial charge in [0.1, 0.15) is 11.4 Å². The van der Waals surface area contributed by atoms with Crippen LogP contribution in [0.15, 0.2) is 0 Å². The number of hydrogen-bond donors (Lipinski definition) is 0. The average molecular weight is 220 g/mol. The lowest BCUT2D eigenvalue weighted by Crippen LogP contribution is -2.43. The summed E-state index contributed by atoms with van der Waals surface area (Å²) in [6, 6.07) is 0. The highest BCUT2D eigenvalue weighted by atomic mass is 32.2. The lowest BCUT2D eigenvalue weighted by atomic mass is 9.81. The van der Waals surface area contributed by atoms with Crippen molar-refractivity contribution in [2.75, 3.05) is 6.67 Å². The zero-order valence-corrected chi connectivity index (χ0v) is 8.76. The van der Waals surface area contributed by atoms with Crippen LogP contribution in [0.4, 0.5) is 4.39 Å². The molecule has 0 N–H and O–H groups in total. The van der Waals surface area contributed by atoms with Gasteiger partial charge >= 0.3 is 0 Å². The lowest BCUT2D eigenvalue weighted by molar-refractivity contribution is 0.120. The molecule has 1 saturated heterocycles. The van der Waals surface area contributed by atoms with Gasteiger partial charge in [-0.2, -0.15) is 8.42 Å². The molecule has 2 bridgehead atoms. The van der Waals surface area contributed by atoms with Gasteiger partial charge in [0.2, 0.25) is 0 Å². The van der Waals surface area contributed by atoms with E-state index < -0.39 is 21.5 Å². The van der Waals surface area contributed by atoms with Gasteiger partial charge in [0.15, 0.2) is 0 Å². The maximum atomic E-state index is 13.0. The van der Waals surface area contributed by atoms with Crippen LogP contribution in [0.5, 0.6) is 0 Å². The highest BCUT2D eigenvalue weighted by Gasteiger charge is 2.71. The first kappa shape index (κ1) is 9.09. The predicted molar refractivity (Wildman–Crippen MR) is 47.9 cm³/mol. The Hall–Kier alpha value is -0.160. The van der Waals surface area contributed by atoms with Gasteiger partial charge in [-0.25, -0.2) is 4.39 Å². The third-order valence-electron chi connectivity index (χ3n) is 4.46. The average Bonchev–Trinajstić information content (AvgIpc) is 2.67. The molecular weight excluding hydrogens is 207 g/mol. The van der Waals surface area contributed by atoms with E-state index in [1.54, 1.807) is 0 Å². The van der Waals surface area contributed by atoms with Crippen LogP contribution in [-0.2, 0) is 14.3 Å². The lowest BCUT2D eigenvalue weighted by Gasteiger charge is -2.28. The molecule has 0 aromatic heterocycles. The van der Waals surface area contributed by atoms with Gasteiger partial charge in [-0.3, -0.25) is 4.18 Å². The van der Waals surface area contributed by atoms with Gasteiger partial charge < -0.3 is 0 Å². The van der Waals surface area contributed by atoms with E-state index >= 15 is 0 Å². The molecule has 0 aromatic rings. The molecule has 3 fully saturated rings. The molecular formula is C9H13FO3S. The summed E-state index contributed by atoms with van der Waals surface area (Å²) in [6.07, 6.45) is 1.05. The van der Waals surface area contributed by atoms with Crippen LogP contribution in [0.1, 0.15) is 19.8 Å². The number of halogens is 1. The molecule has 0 aromatic carbocycles. The Labute approximate surface area is 82.8 Å².